The molecule has 0 aliphatic heterocycles. The van der Waals surface area contributed by atoms with Crippen LogP contribution in [0.15, 0.2) is 53.9 Å². The van der Waals surface area contributed by atoms with Crippen molar-refractivity contribution >= 4 is 17.7 Å². The highest BCUT2D eigenvalue weighted by Crippen LogP contribution is 2.23. The number of nitrogens with one attached hydrogen (secondary N) is 1. The van der Waals surface area contributed by atoms with Crippen LogP contribution in [0.1, 0.15) is 12.5 Å². The van der Waals surface area contributed by atoms with Crippen LogP contribution >= 0.6 is 11.8 Å². The molecule has 0 bridgehead atoms. The molecule has 0 aliphatic carbocycles. The van der Waals surface area contributed by atoms with Gasteiger partial charge in [-0.25, -0.2) is 0 Å². The molecule has 1 aromatic carbocycles. The molecule has 7 nitrogen and oxygen atoms in total. The van der Waals surface area contributed by atoms with Crippen molar-refractivity contribution in [3.63, 3.8) is 0 Å². The summed E-state index contributed by atoms with van der Waals surface area (Å²) in [6.45, 7) is 5.65. The third-order valence-corrected chi connectivity index (χ3v) is 4.95. The van der Waals surface area contributed by atoms with E-state index in [1.165, 1.54) is 11.8 Å². The Morgan fingerprint density at radius 3 is 2.79 bits per heavy atom. The van der Waals surface area contributed by atoms with E-state index in [2.05, 4.69) is 20.5 Å². The van der Waals surface area contributed by atoms with Crippen molar-refractivity contribution in [1.29, 1.82) is 0 Å². The van der Waals surface area contributed by atoms with Gasteiger partial charge in [-0.15, -0.1) is 10.2 Å². The van der Waals surface area contributed by atoms with Crippen LogP contribution in [0.4, 0.5) is 0 Å². The van der Waals surface area contributed by atoms with Crippen LogP contribution in [0.5, 0.6) is 5.75 Å². The Labute approximate surface area is 168 Å². The fraction of sp³-hybridized carbons (Fsp3) is 0.300. The Balaban J connectivity index is 1.46. The van der Waals surface area contributed by atoms with Crippen molar-refractivity contribution in [1.82, 2.24) is 25.1 Å². The first-order valence-corrected chi connectivity index (χ1v) is 10.1. The average molecular weight is 398 g/mol. The van der Waals surface area contributed by atoms with Gasteiger partial charge in [0.2, 0.25) is 5.91 Å². The molecule has 1 amide bonds. The first kappa shape index (κ1) is 19.9. The van der Waals surface area contributed by atoms with E-state index in [-0.39, 0.29) is 11.7 Å². The van der Waals surface area contributed by atoms with Crippen molar-refractivity contribution in [3.8, 4) is 17.1 Å². The minimum Gasteiger partial charge on any atom is -0.492 e. The Morgan fingerprint density at radius 1 is 1.21 bits per heavy atom. The lowest BCUT2D eigenvalue weighted by Gasteiger charge is -2.09. The summed E-state index contributed by atoms with van der Waals surface area (Å²) in [7, 11) is 0. The number of carbonyl (C=O) groups excluding carboxylic acids is 1. The van der Waals surface area contributed by atoms with Crippen LogP contribution in [0.25, 0.3) is 11.4 Å². The van der Waals surface area contributed by atoms with Gasteiger partial charge in [-0.3, -0.25) is 9.78 Å². The molecular formula is C20H23N5O2S. The number of aromatic nitrogens is 4. The summed E-state index contributed by atoms with van der Waals surface area (Å²) in [5, 5.41) is 12.1. The van der Waals surface area contributed by atoms with Gasteiger partial charge in [-0.1, -0.05) is 23.9 Å². The maximum atomic E-state index is 12.1. The zero-order valence-electron chi connectivity index (χ0n) is 16.0. The molecule has 0 unspecified atom stereocenters. The number of hydrogen-bond donors (Lipinski definition) is 1. The Kier molecular flexibility index (Phi) is 7.02. The van der Waals surface area contributed by atoms with Crippen LogP contribution < -0.4 is 10.1 Å². The zero-order valence-corrected chi connectivity index (χ0v) is 16.8. The topological polar surface area (TPSA) is 81.9 Å². The van der Waals surface area contributed by atoms with E-state index in [1.807, 2.05) is 54.8 Å². The number of pyridine rings is 1. The van der Waals surface area contributed by atoms with Gasteiger partial charge in [0.1, 0.15) is 12.4 Å². The van der Waals surface area contributed by atoms with Crippen LogP contribution in [-0.4, -0.2) is 44.6 Å². The quantitative estimate of drug-likeness (QED) is 0.442. The predicted molar refractivity (Wildman–Crippen MR) is 109 cm³/mol. The second-order valence-electron chi connectivity index (χ2n) is 6.09. The average Bonchev–Trinajstić information content (AvgIpc) is 3.13. The molecule has 2 aromatic heterocycles. The van der Waals surface area contributed by atoms with E-state index in [0.29, 0.717) is 13.2 Å². The van der Waals surface area contributed by atoms with Gasteiger partial charge < -0.3 is 14.6 Å². The number of ether oxygens (including phenoxy) is 1. The molecule has 3 aromatic rings. The highest BCUT2D eigenvalue weighted by Gasteiger charge is 2.14. The van der Waals surface area contributed by atoms with Crippen molar-refractivity contribution in [2.24, 2.45) is 0 Å². The molecule has 3 rings (SSSR count). The maximum absolute atomic E-state index is 12.1. The lowest BCUT2D eigenvalue weighted by atomic mass is 10.2. The molecule has 0 saturated carbocycles. The summed E-state index contributed by atoms with van der Waals surface area (Å²) in [4.78, 5) is 16.1. The highest BCUT2D eigenvalue weighted by atomic mass is 32.2. The second-order valence-corrected chi connectivity index (χ2v) is 7.03. The number of benzene rings is 1. The number of thioether (sulfide) groups is 1. The van der Waals surface area contributed by atoms with Crippen LogP contribution in [0.3, 0.4) is 0 Å². The van der Waals surface area contributed by atoms with Gasteiger partial charge in [0.15, 0.2) is 11.0 Å². The molecule has 0 fully saturated rings. The molecule has 2 heterocycles. The second kappa shape index (κ2) is 9.89. The van der Waals surface area contributed by atoms with Gasteiger partial charge in [0, 0.05) is 24.5 Å². The van der Waals surface area contributed by atoms with E-state index in [1.54, 1.807) is 12.4 Å². The SMILES string of the molecule is CCn1c(SCC(=O)NCCOc2cccc(C)c2)nnc1-c1ccncc1. The first-order valence-electron chi connectivity index (χ1n) is 9.10. The van der Waals surface area contributed by atoms with Crippen molar-refractivity contribution in [2.45, 2.75) is 25.5 Å². The smallest absolute Gasteiger partial charge is 0.230 e. The number of carbonyl (C=O) groups is 1. The molecule has 28 heavy (non-hydrogen) atoms. The zero-order chi connectivity index (χ0) is 19.8. The maximum Gasteiger partial charge on any atom is 0.230 e. The number of aryl methyl sites for hydroxylation is 1. The number of hydrogen-bond acceptors (Lipinski definition) is 6. The monoisotopic (exact) mass is 397 g/mol. The largest absolute Gasteiger partial charge is 0.492 e. The normalized spacial score (nSPS) is 10.6. The number of rotatable bonds is 9. The predicted octanol–water partition coefficient (Wildman–Crippen LogP) is 2.96. The molecule has 0 saturated heterocycles. The van der Waals surface area contributed by atoms with Crippen molar-refractivity contribution in [2.75, 3.05) is 18.9 Å². The summed E-state index contributed by atoms with van der Waals surface area (Å²) in [6.07, 6.45) is 3.45. The van der Waals surface area contributed by atoms with Crippen LogP contribution in [0, 0.1) is 6.92 Å². The molecule has 0 atom stereocenters. The van der Waals surface area contributed by atoms with E-state index >= 15 is 0 Å². The summed E-state index contributed by atoms with van der Waals surface area (Å²) >= 11 is 1.37. The molecule has 0 radical (unpaired) electrons. The van der Waals surface area contributed by atoms with E-state index < -0.39 is 0 Å². The Hall–Kier alpha value is -2.87. The van der Waals surface area contributed by atoms with E-state index in [4.69, 9.17) is 4.74 Å². The lowest BCUT2D eigenvalue weighted by Crippen LogP contribution is -2.29. The first-order chi connectivity index (χ1) is 13.7. The van der Waals surface area contributed by atoms with Gasteiger partial charge in [-0.05, 0) is 43.7 Å². The molecular weight excluding hydrogens is 374 g/mol. The minimum atomic E-state index is -0.0612. The van der Waals surface area contributed by atoms with Gasteiger partial charge in [0.05, 0.1) is 12.3 Å². The standard InChI is InChI=1S/C20H23N5O2S/c1-3-25-19(16-7-9-21-10-8-16)23-24-20(25)28-14-18(26)22-11-12-27-17-6-4-5-15(2)13-17/h4-10,13H,3,11-12,14H2,1-2H3,(H,22,26). The Morgan fingerprint density at radius 2 is 2.04 bits per heavy atom. The highest BCUT2D eigenvalue weighted by molar-refractivity contribution is 7.99. The fourth-order valence-corrected chi connectivity index (χ4v) is 3.47. The van der Waals surface area contributed by atoms with Gasteiger partial charge >= 0.3 is 0 Å². The minimum absolute atomic E-state index is 0.0612. The van der Waals surface area contributed by atoms with Crippen molar-refractivity contribution < 1.29 is 9.53 Å². The summed E-state index contributed by atoms with van der Waals surface area (Å²) in [5.41, 5.74) is 2.10. The summed E-state index contributed by atoms with van der Waals surface area (Å²) in [5.74, 6) is 1.80. The lowest BCUT2D eigenvalue weighted by molar-refractivity contribution is -0.118. The van der Waals surface area contributed by atoms with Crippen LogP contribution in [0.2, 0.25) is 0 Å². The third-order valence-electron chi connectivity index (χ3n) is 3.99. The van der Waals surface area contributed by atoms with Crippen LogP contribution in [-0.2, 0) is 11.3 Å². The van der Waals surface area contributed by atoms with Gasteiger partial charge in [0.25, 0.3) is 0 Å². The summed E-state index contributed by atoms with van der Waals surface area (Å²) < 4.78 is 7.63. The molecule has 0 aliphatic rings. The fourth-order valence-electron chi connectivity index (χ4n) is 2.64. The van der Waals surface area contributed by atoms with Gasteiger partial charge in [-0.2, -0.15) is 0 Å². The third kappa shape index (κ3) is 5.32. The molecule has 1 N–H and O–H groups in total. The van der Waals surface area contributed by atoms with Crippen molar-refractivity contribution in [3.05, 3.63) is 54.4 Å². The molecule has 0 spiro atoms. The molecule has 146 valence electrons. The number of nitrogens with zero attached hydrogens (tertiary/aromatic N) is 4. The molecule has 8 heteroatoms. The summed E-state index contributed by atoms with van der Waals surface area (Å²) in [6, 6.07) is 11.6. The number of amides is 1. The van der Waals surface area contributed by atoms with E-state index in [0.717, 1.165) is 34.4 Å². The van der Waals surface area contributed by atoms with E-state index in [9.17, 15) is 4.79 Å². The Bertz CT molecular complexity index is 914.